The lowest BCUT2D eigenvalue weighted by Gasteiger charge is -2.29. The molecular formula is C18H29N3O2. The highest BCUT2D eigenvalue weighted by molar-refractivity contribution is 5.77. The second-order valence-corrected chi connectivity index (χ2v) is 6.59. The third-order valence-corrected chi connectivity index (χ3v) is 3.22. The summed E-state index contributed by atoms with van der Waals surface area (Å²) in [6.07, 6.45) is 0.449. The van der Waals surface area contributed by atoms with Gasteiger partial charge >= 0.3 is 0 Å². The first-order valence-corrected chi connectivity index (χ1v) is 7.85. The molecule has 1 aromatic carbocycles. The molecule has 2 atom stereocenters. The predicted molar refractivity (Wildman–Crippen MR) is 93.7 cm³/mol. The summed E-state index contributed by atoms with van der Waals surface area (Å²) in [6.45, 7) is 9.87. The molecule has 0 bridgehead atoms. The summed E-state index contributed by atoms with van der Waals surface area (Å²) in [5.74, 6) is 0.416. The smallest absolute Gasteiger partial charge is 0.223 e. The van der Waals surface area contributed by atoms with Crippen LogP contribution in [0.5, 0.6) is 0 Å². The predicted octanol–water partition coefficient (Wildman–Crippen LogP) is 1.94. The third kappa shape index (κ3) is 7.81. The van der Waals surface area contributed by atoms with Crippen LogP contribution in [0.4, 0.5) is 0 Å². The van der Waals surface area contributed by atoms with Gasteiger partial charge in [0.2, 0.25) is 5.91 Å². The molecule has 1 amide bonds. The van der Waals surface area contributed by atoms with Gasteiger partial charge in [0.05, 0.1) is 18.6 Å². The van der Waals surface area contributed by atoms with E-state index in [4.69, 9.17) is 10.5 Å². The fraction of sp³-hybridized carbons (Fsp3) is 0.500. The molecule has 0 saturated heterocycles. The van der Waals surface area contributed by atoms with Crippen LogP contribution in [0.15, 0.2) is 42.7 Å². The Morgan fingerprint density at radius 2 is 1.91 bits per heavy atom. The van der Waals surface area contributed by atoms with E-state index in [1.165, 1.54) is 0 Å². The summed E-state index contributed by atoms with van der Waals surface area (Å²) in [5, 5.41) is 5.82. The standard InChI is InChI=1S/C18H29N3O2/c1-13(23-18(2,3)4)15(11-14-9-7-6-8-10-14)21-17(22)12-16(19)20-5/h6-10,15-16,20H,1,11-12,19H2,2-5H3,(H,21,22)/t15-,16?/m0/s1. The van der Waals surface area contributed by atoms with E-state index in [1.807, 2.05) is 51.1 Å². The van der Waals surface area contributed by atoms with Crippen molar-refractivity contribution in [1.29, 1.82) is 0 Å². The molecule has 0 aliphatic carbocycles. The van der Waals surface area contributed by atoms with Crippen molar-refractivity contribution in [2.75, 3.05) is 7.05 Å². The zero-order chi connectivity index (χ0) is 17.5. The molecule has 0 spiro atoms. The molecule has 23 heavy (non-hydrogen) atoms. The van der Waals surface area contributed by atoms with E-state index in [-0.39, 0.29) is 30.1 Å². The average Bonchev–Trinajstić information content (AvgIpc) is 2.45. The second-order valence-electron chi connectivity index (χ2n) is 6.59. The van der Waals surface area contributed by atoms with E-state index in [0.717, 1.165) is 5.56 Å². The van der Waals surface area contributed by atoms with Gasteiger partial charge in [0.1, 0.15) is 11.4 Å². The van der Waals surface area contributed by atoms with Gasteiger partial charge in [-0.1, -0.05) is 36.9 Å². The normalized spacial score (nSPS) is 14.0. The minimum Gasteiger partial charge on any atom is -0.491 e. The molecule has 1 unspecified atom stereocenters. The number of amides is 1. The number of hydrogen-bond acceptors (Lipinski definition) is 4. The molecule has 0 aliphatic rings. The summed E-state index contributed by atoms with van der Waals surface area (Å²) in [4.78, 5) is 12.2. The Kier molecular flexibility index (Phi) is 7.26. The lowest BCUT2D eigenvalue weighted by atomic mass is 10.0. The summed E-state index contributed by atoms with van der Waals surface area (Å²) in [7, 11) is 1.72. The van der Waals surface area contributed by atoms with Crippen LogP contribution in [0, 0.1) is 0 Å². The number of hydrogen-bond donors (Lipinski definition) is 3. The van der Waals surface area contributed by atoms with Gasteiger partial charge in [0.25, 0.3) is 0 Å². The number of benzene rings is 1. The first kappa shape index (κ1) is 19.2. The van der Waals surface area contributed by atoms with E-state index < -0.39 is 0 Å². The molecule has 128 valence electrons. The first-order valence-electron chi connectivity index (χ1n) is 7.85. The molecule has 0 heterocycles. The van der Waals surface area contributed by atoms with Crippen LogP contribution in [0.1, 0.15) is 32.8 Å². The molecule has 5 nitrogen and oxygen atoms in total. The van der Waals surface area contributed by atoms with E-state index >= 15 is 0 Å². The Hall–Kier alpha value is -1.85. The van der Waals surface area contributed by atoms with Crippen molar-refractivity contribution in [3.05, 3.63) is 48.2 Å². The Morgan fingerprint density at radius 1 is 1.30 bits per heavy atom. The summed E-state index contributed by atoms with van der Waals surface area (Å²) in [5.41, 5.74) is 6.50. The van der Waals surface area contributed by atoms with Gasteiger partial charge in [0.15, 0.2) is 0 Å². The molecular weight excluding hydrogens is 290 g/mol. The Labute approximate surface area is 139 Å². The molecule has 0 fully saturated rings. The molecule has 0 aliphatic heterocycles. The van der Waals surface area contributed by atoms with Crippen molar-refractivity contribution in [3.63, 3.8) is 0 Å². The molecule has 4 N–H and O–H groups in total. The maximum absolute atomic E-state index is 12.2. The monoisotopic (exact) mass is 319 g/mol. The molecule has 0 radical (unpaired) electrons. The number of carbonyl (C=O) groups excluding carboxylic acids is 1. The van der Waals surface area contributed by atoms with Gasteiger partial charge in [-0.25, -0.2) is 0 Å². The largest absolute Gasteiger partial charge is 0.491 e. The second kappa shape index (κ2) is 8.70. The van der Waals surface area contributed by atoms with E-state index in [9.17, 15) is 4.79 Å². The number of nitrogens with two attached hydrogens (primary N) is 1. The minimum atomic E-state index is -0.371. The van der Waals surface area contributed by atoms with Crippen LogP contribution >= 0.6 is 0 Å². The SMILES string of the molecule is C=C(OC(C)(C)C)[C@H](Cc1ccccc1)NC(=O)CC(N)NC. The average molecular weight is 319 g/mol. The Balaban J connectivity index is 2.79. The van der Waals surface area contributed by atoms with Crippen molar-refractivity contribution in [2.24, 2.45) is 5.73 Å². The lowest BCUT2D eigenvalue weighted by molar-refractivity contribution is -0.122. The molecule has 1 aromatic rings. The van der Waals surface area contributed by atoms with Gasteiger partial charge < -0.3 is 21.1 Å². The Morgan fingerprint density at radius 3 is 2.43 bits per heavy atom. The fourth-order valence-electron chi connectivity index (χ4n) is 2.11. The summed E-state index contributed by atoms with van der Waals surface area (Å²) in [6, 6.07) is 9.64. The highest BCUT2D eigenvalue weighted by Gasteiger charge is 2.22. The van der Waals surface area contributed by atoms with Crippen LogP contribution < -0.4 is 16.4 Å². The highest BCUT2D eigenvalue weighted by Crippen LogP contribution is 2.18. The van der Waals surface area contributed by atoms with Gasteiger partial charge in [-0.3, -0.25) is 4.79 Å². The third-order valence-electron chi connectivity index (χ3n) is 3.22. The van der Waals surface area contributed by atoms with Crippen molar-refractivity contribution >= 4 is 5.91 Å². The van der Waals surface area contributed by atoms with E-state index in [1.54, 1.807) is 7.05 Å². The van der Waals surface area contributed by atoms with Crippen LogP contribution in [0.2, 0.25) is 0 Å². The molecule has 5 heteroatoms. The topological polar surface area (TPSA) is 76.4 Å². The van der Waals surface area contributed by atoms with Crippen molar-refractivity contribution in [1.82, 2.24) is 10.6 Å². The quantitative estimate of drug-likeness (QED) is 0.505. The van der Waals surface area contributed by atoms with Crippen LogP contribution in [0.25, 0.3) is 0 Å². The van der Waals surface area contributed by atoms with E-state index in [0.29, 0.717) is 12.2 Å². The first-order chi connectivity index (χ1) is 10.7. The number of ether oxygens (including phenoxy) is 1. The van der Waals surface area contributed by atoms with Crippen LogP contribution in [0.3, 0.4) is 0 Å². The minimum absolute atomic E-state index is 0.133. The van der Waals surface area contributed by atoms with Crippen molar-refractivity contribution in [2.45, 2.75) is 51.4 Å². The lowest BCUT2D eigenvalue weighted by Crippen LogP contribution is -2.45. The zero-order valence-electron chi connectivity index (χ0n) is 14.6. The summed E-state index contributed by atoms with van der Waals surface area (Å²) < 4.78 is 5.85. The zero-order valence-corrected chi connectivity index (χ0v) is 14.6. The summed E-state index contributed by atoms with van der Waals surface area (Å²) >= 11 is 0. The fourth-order valence-corrected chi connectivity index (χ4v) is 2.11. The van der Waals surface area contributed by atoms with Crippen molar-refractivity contribution < 1.29 is 9.53 Å². The number of rotatable bonds is 8. The van der Waals surface area contributed by atoms with Crippen LogP contribution in [-0.2, 0) is 16.0 Å². The van der Waals surface area contributed by atoms with Gasteiger partial charge in [-0.2, -0.15) is 0 Å². The van der Waals surface area contributed by atoms with Crippen LogP contribution in [-0.4, -0.2) is 30.8 Å². The van der Waals surface area contributed by atoms with E-state index in [2.05, 4.69) is 17.2 Å². The van der Waals surface area contributed by atoms with Crippen molar-refractivity contribution in [3.8, 4) is 0 Å². The molecule has 0 saturated carbocycles. The van der Waals surface area contributed by atoms with Gasteiger partial charge in [-0.15, -0.1) is 0 Å². The molecule has 1 rings (SSSR count). The number of carbonyl (C=O) groups is 1. The maximum atomic E-state index is 12.2. The van der Waals surface area contributed by atoms with Gasteiger partial charge in [0, 0.05) is 0 Å². The Bertz CT molecular complexity index is 509. The number of nitrogens with one attached hydrogen (secondary N) is 2. The molecule has 0 aromatic heterocycles. The van der Waals surface area contributed by atoms with Gasteiger partial charge in [-0.05, 0) is 39.8 Å². The highest BCUT2D eigenvalue weighted by atomic mass is 16.5. The maximum Gasteiger partial charge on any atom is 0.223 e.